The Balaban J connectivity index is 2.29. The summed E-state index contributed by atoms with van der Waals surface area (Å²) >= 11 is 0. The SMILES string of the molecule is NNc1cc([N+](=O)[O-])cc(F)c1S(=O)(=O)NCCC1CC1. The van der Waals surface area contributed by atoms with Gasteiger partial charge in [-0.05, 0) is 12.3 Å². The molecule has 0 saturated heterocycles. The van der Waals surface area contributed by atoms with Crippen molar-refractivity contribution in [3.63, 3.8) is 0 Å². The van der Waals surface area contributed by atoms with E-state index in [0.717, 1.165) is 18.9 Å². The van der Waals surface area contributed by atoms with Gasteiger partial charge in [0.15, 0.2) is 5.82 Å². The minimum absolute atomic E-state index is 0.188. The number of hydrazine groups is 1. The number of nitrogen functional groups attached to an aromatic ring is 1. The van der Waals surface area contributed by atoms with Crippen LogP contribution in [0.3, 0.4) is 0 Å². The summed E-state index contributed by atoms with van der Waals surface area (Å²) in [7, 11) is -4.13. The minimum Gasteiger partial charge on any atom is -0.323 e. The fourth-order valence-corrected chi connectivity index (χ4v) is 3.19. The molecule has 0 spiro atoms. The molecule has 116 valence electrons. The number of rotatable bonds is 7. The first-order valence-electron chi connectivity index (χ1n) is 6.29. The van der Waals surface area contributed by atoms with Crippen LogP contribution in [0.15, 0.2) is 17.0 Å². The Hall–Kier alpha value is -1.78. The lowest BCUT2D eigenvalue weighted by molar-refractivity contribution is -0.385. The van der Waals surface area contributed by atoms with Crippen molar-refractivity contribution in [3.05, 3.63) is 28.1 Å². The molecule has 0 heterocycles. The molecule has 21 heavy (non-hydrogen) atoms. The fraction of sp³-hybridized carbons (Fsp3) is 0.455. The molecule has 10 heteroatoms. The molecule has 1 aromatic rings. The van der Waals surface area contributed by atoms with Crippen molar-refractivity contribution in [1.29, 1.82) is 0 Å². The van der Waals surface area contributed by atoms with Gasteiger partial charge in [0.1, 0.15) is 4.90 Å². The largest absolute Gasteiger partial charge is 0.323 e. The van der Waals surface area contributed by atoms with E-state index < -0.39 is 31.3 Å². The van der Waals surface area contributed by atoms with Crippen molar-refractivity contribution < 1.29 is 17.7 Å². The maximum absolute atomic E-state index is 13.9. The molecule has 1 aliphatic carbocycles. The molecule has 0 atom stereocenters. The van der Waals surface area contributed by atoms with Gasteiger partial charge in [-0.15, -0.1) is 0 Å². The Labute approximate surface area is 120 Å². The molecule has 0 unspecified atom stereocenters. The fourth-order valence-electron chi connectivity index (χ4n) is 1.94. The highest BCUT2D eigenvalue weighted by Crippen LogP contribution is 2.32. The van der Waals surface area contributed by atoms with Crippen LogP contribution in [0.2, 0.25) is 0 Å². The first kappa shape index (κ1) is 15.6. The van der Waals surface area contributed by atoms with E-state index >= 15 is 0 Å². The number of nitrogens with one attached hydrogen (secondary N) is 2. The third-order valence-corrected chi connectivity index (χ3v) is 4.74. The average Bonchev–Trinajstić information content (AvgIpc) is 3.21. The number of nitrogens with zero attached hydrogens (tertiary/aromatic N) is 1. The van der Waals surface area contributed by atoms with Gasteiger partial charge in [0.05, 0.1) is 16.7 Å². The molecule has 0 bridgehead atoms. The van der Waals surface area contributed by atoms with Gasteiger partial charge in [-0.2, -0.15) is 0 Å². The first-order valence-corrected chi connectivity index (χ1v) is 7.77. The lowest BCUT2D eigenvalue weighted by Crippen LogP contribution is -2.27. The minimum atomic E-state index is -4.13. The Morgan fingerprint density at radius 2 is 2.10 bits per heavy atom. The van der Waals surface area contributed by atoms with Gasteiger partial charge in [-0.1, -0.05) is 12.8 Å². The van der Waals surface area contributed by atoms with E-state index in [2.05, 4.69) is 4.72 Å². The number of anilines is 1. The van der Waals surface area contributed by atoms with Gasteiger partial charge in [0, 0.05) is 12.6 Å². The highest BCUT2D eigenvalue weighted by molar-refractivity contribution is 7.89. The van der Waals surface area contributed by atoms with Crippen molar-refractivity contribution in [1.82, 2.24) is 4.72 Å². The molecule has 2 rings (SSSR count). The van der Waals surface area contributed by atoms with E-state index in [1.54, 1.807) is 0 Å². The number of non-ortho nitro benzene ring substituents is 1. The smallest absolute Gasteiger partial charge is 0.274 e. The van der Waals surface area contributed by atoms with Gasteiger partial charge in [-0.3, -0.25) is 16.0 Å². The van der Waals surface area contributed by atoms with Gasteiger partial charge < -0.3 is 5.43 Å². The van der Waals surface area contributed by atoms with E-state index in [1.807, 2.05) is 5.43 Å². The molecule has 0 radical (unpaired) electrons. The van der Waals surface area contributed by atoms with Crippen LogP contribution >= 0.6 is 0 Å². The molecule has 0 aliphatic heterocycles. The van der Waals surface area contributed by atoms with Crippen LogP contribution in [0.4, 0.5) is 15.8 Å². The molecule has 8 nitrogen and oxygen atoms in total. The molecule has 1 fully saturated rings. The van der Waals surface area contributed by atoms with Crippen molar-refractivity contribution in [2.24, 2.45) is 11.8 Å². The summed E-state index contributed by atoms with van der Waals surface area (Å²) in [6.45, 7) is 0.188. The highest BCUT2D eigenvalue weighted by Gasteiger charge is 2.27. The topological polar surface area (TPSA) is 127 Å². The van der Waals surface area contributed by atoms with Gasteiger partial charge in [-0.25, -0.2) is 17.5 Å². The molecule has 1 aromatic carbocycles. The summed E-state index contributed by atoms with van der Waals surface area (Å²) in [5.41, 5.74) is 1.04. The predicted octanol–water partition coefficient (Wildman–Crippen LogP) is 1.10. The van der Waals surface area contributed by atoms with Crippen LogP contribution in [0.25, 0.3) is 0 Å². The second-order valence-corrected chi connectivity index (χ2v) is 6.54. The number of nitrogens with two attached hydrogens (primary N) is 1. The van der Waals surface area contributed by atoms with Crippen LogP contribution in [0, 0.1) is 21.8 Å². The zero-order valence-corrected chi connectivity index (χ0v) is 11.8. The normalized spacial score (nSPS) is 15.0. The lowest BCUT2D eigenvalue weighted by atomic mass is 10.3. The third-order valence-electron chi connectivity index (χ3n) is 3.21. The summed E-state index contributed by atoms with van der Waals surface area (Å²) in [5.74, 6) is 4.43. The highest BCUT2D eigenvalue weighted by atomic mass is 32.2. The van der Waals surface area contributed by atoms with E-state index in [9.17, 15) is 22.9 Å². The first-order chi connectivity index (χ1) is 9.85. The zero-order chi connectivity index (χ0) is 15.6. The quantitative estimate of drug-likeness (QED) is 0.392. The van der Waals surface area contributed by atoms with Crippen molar-refractivity contribution >= 4 is 21.4 Å². The Kier molecular flexibility index (Phi) is 4.40. The predicted molar refractivity (Wildman–Crippen MR) is 73.4 cm³/mol. The molecular formula is C11H15FN4O4S. The van der Waals surface area contributed by atoms with Crippen molar-refractivity contribution in [2.45, 2.75) is 24.2 Å². The summed E-state index contributed by atoms with van der Waals surface area (Å²) in [4.78, 5) is 9.09. The molecule has 0 amide bonds. The van der Waals surface area contributed by atoms with Gasteiger partial charge in [0.25, 0.3) is 5.69 Å². The maximum Gasteiger partial charge on any atom is 0.274 e. The van der Waals surface area contributed by atoms with E-state index in [1.165, 1.54) is 0 Å². The Morgan fingerprint density at radius 1 is 1.43 bits per heavy atom. The Morgan fingerprint density at radius 3 is 2.62 bits per heavy atom. The third kappa shape index (κ3) is 3.65. The van der Waals surface area contributed by atoms with E-state index in [0.29, 0.717) is 18.4 Å². The summed E-state index contributed by atoms with van der Waals surface area (Å²) in [6.07, 6.45) is 2.83. The standard InChI is InChI=1S/C11H15FN4O4S/c12-9-5-8(16(17)18)6-10(15-13)11(9)21(19,20)14-4-3-7-1-2-7/h5-7,14-15H,1-4,13H2. The van der Waals surface area contributed by atoms with Crippen LogP contribution < -0.4 is 16.0 Å². The van der Waals surface area contributed by atoms with Crippen molar-refractivity contribution in [3.8, 4) is 0 Å². The zero-order valence-electron chi connectivity index (χ0n) is 11.0. The second kappa shape index (κ2) is 5.92. The number of sulfonamides is 1. The number of nitro benzene ring substituents is 1. The lowest BCUT2D eigenvalue weighted by Gasteiger charge is -2.12. The molecule has 1 aliphatic rings. The molecule has 4 N–H and O–H groups in total. The van der Waals surface area contributed by atoms with Crippen LogP contribution in [-0.2, 0) is 10.0 Å². The average molecular weight is 318 g/mol. The monoisotopic (exact) mass is 318 g/mol. The Bertz CT molecular complexity index is 660. The second-order valence-electron chi connectivity index (χ2n) is 4.84. The maximum atomic E-state index is 13.9. The molecule has 1 saturated carbocycles. The number of benzene rings is 1. The van der Waals surface area contributed by atoms with E-state index in [4.69, 9.17) is 5.84 Å². The number of hydrogen-bond donors (Lipinski definition) is 3. The number of halogens is 1. The van der Waals surface area contributed by atoms with Crippen LogP contribution in [0.5, 0.6) is 0 Å². The van der Waals surface area contributed by atoms with Crippen LogP contribution in [0.1, 0.15) is 19.3 Å². The van der Waals surface area contributed by atoms with Crippen molar-refractivity contribution in [2.75, 3.05) is 12.0 Å². The summed E-state index contributed by atoms with van der Waals surface area (Å²) < 4.78 is 40.4. The van der Waals surface area contributed by atoms with Crippen LogP contribution in [-0.4, -0.2) is 19.9 Å². The van der Waals surface area contributed by atoms with E-state index in [-0.39, 0.29) is 12.2 Å². The molecule has 0 aromatic heterocycles. The van der Waals surface area contributed by atoms with Gasteiger partial charge in [0.2, 0.25) is 10.0 Å². The van der Waals surface area contributed by atoms with Gasteiger partial charge >= 0.3 is 0 Å². The summed E-state index contributed by atoms with van der Waals surface area (Å²) in [6, 6.07) is 1.43. The number of nitro groups is 1. The summed E-state index contributed by atoms with van der Waals surface area (Å²) in [5, 5.41) is 10.6. The molecular weight excluding hydrogens is 303 g/mol. The number of hydrogen-bond acceptors (Lipinski definition) is 6.